The molecule has 1 heterocycles. The summed E-state index contributed by atoms with van der Waals surface area (Å²) in [5.74, 6) is 0. The fourth-order valence-electron chi connectivity index (χ4n) is 1.45. The second kappa shape index (κ2) is 3.97. The summed E-state index contributed by atoms with van der Waals surface area (Å²) in [4.78, 5) is 5.06. The number of oxazole rings is 1. The molecule has 0 amide bonds. The number of aromatic nitrogens is 1. The number of nitrogens with two attached hydrogens (primary N) is 1. The lowest BCUT2D eigenvalue weighted by Gasteiger charge is -2.21. The Morgan fingerprint density at radius 1 is 1.50 bits per heavy atom. The van der Waals surface area contributed by atoms with Crippen molar-refractivity contribution in [3.8, 4) is 0 Å². The molecule has 1 saturated carbocycles. The molecule has 2 N–H and O–H groups in total. The first-order valence-corrected chi connectivity index (χ1v) is 4.97. The van der Waals surface area contributed by atoms with Crippen molar-refractivity contribution in [2.75, 3.05) is 11.4 Å². The SMILES string of the molecule is NCc1coc(N(CC(F)(F)F)C2CC2)n1. The summed E-state index contributed by atoms with van der Waals surface area (Å²) in [6.07, 6.45) is -1.46. The maximum absolute atomic E-state index is 12.3. The van der Waals surface area contributed by atoms with Gasteiger partial charge in [-0.05, 0) is 12.8 Å². The van der Waals surface area contributed by atoms with Gasteiger partial charge in [0.15, 0.2) is 0 Å². The van der Waals surface area contributed by atoms with E-state index in [4.69, 9.17) is 10.2 Å². The Bertz CT molecular complexity index is 359. The van der Waals surface area contributed by atoms with Crippen LogP contribution in [0.1, 0.15) is 18.5 Å². The Hall–Kier alpha value is -1.24. The summed E-state index contributed by atoms with van der Waals surface area (Å²) in [5, 5.41) is 0. The van der Waals surface area contributed by atoms with Crippen LogP contribution in [0, 0.1) is 0 Å². The van der Waals surface area contributed by atoms with E-state index in [2.05, 4.69) is 4.98 Å². The molecule has 0 spiro atoms. The quantitative estimate of drug-likeness (QED) is 0.862. The first-order chi connectivity index (χ1) is 7.49. The molecule has 2 rings (SSSR count). The molecule has 1 aromatic heterocycles. The van der Waals surface area contributed by atoms with Crippen molar-refractivity contribution in [1.82, 2.24) is 4.98 Å². The van der Waals surface area contributed by atoms with E-state index in [9.17, 15) is 13.2 Å². The van der Waals surface area contributed by atoms with Crippen LogP contribution in [0.5, 0.6) is 0 Å². The number of alkyl halides is 3. The van der Waals surface area contributed by atoms with Crippen LogP contribution in [0.2, 0.25) is 0 Å². The van der Waals surface area contributed by atoms with Gasteiger partial charge in [-0.2, -0.15) is 18.2 Å². The van der Waals surface area contributed by atoms with Gasteiger partial charge in [-0.3, -0.25) is 0 Å². The van der Waals surface area contributed by atoms with Gasteiger partial charge in [-0.15, -0.1) is 0 Å². The second-order valence-electron chi connectivity index (χ2n) is 3.80. The van der Waals surface area contributed by atoms with Crippen LogP contribution in [0.3, 0.4) is 0 Å². The third-order valence-corrected chi connectivity index (χ3v) is 2.33. The lowest BCUT2D eigenvalue weighted by Crippen LogP contribution is -2.36. The van der Waals surface area contributed by atoms with Crippen LogP contribution in [-0.2, 0) is 6.54 Å². The molecule has 0 radical (unpaired) electrons. The van der Waals surface area contributed by atoms with Crippen molar-refractivity contribution in [2.24, 2.45) is 5.73 Å². The maximum atomic E-state index is 12.3. The predicted molar refractivity (Wildman–Crippen MR) is 50.8 cm³/mol. The Morgan fingerprint density at radius 2 is 2.19 bits per heavy atom. The largest absolute Gasteiger partial charge is 0.432 e. The smallest absolute Gasteiger partial charge is 0.406 e. The monoisotopic (exact) mass is 235 g/mol. The fraction of sp³-hybridized carbons (Fsp3) is 0.667. The minimum absolute atomic E-state index is 0.0141. The van der Waals surface area contributed by atoms with Gasteiger partial charge < -0.3 is 15.1 Å². The van der Waals surface area contributed by atoms with E-state index in [1.54, 1.807) is 0 Å². The van der Waals surface area contributed by atoms with Gasteiger partial charge in [-0.1, -0.05) is 0 Å². The first-order valence-electron chi connectivity index (χ1n) is 4.97. The van der Waals surface area contributed by atoms with Gasteiger partial charge >= 0.3 is 6.18 Å². The Morgan fingerprint density at radius 3 is 2.62 bits per heavy atom. The normalized spacial score (nSPS) is 16.5. The van der Waals surface area contributed by atoms with Crippen LogP contribution in [-0.4, -0.2) is 23.7 Å². The molecule has 16 heavy (non-hydrogen) atoms. The van der Waals surface area contributed by atoms with Crippen molar-refractivity contribution in [1.29, 1.82) is 0 Å². The highest BCUT2D eigenvalue weighted by Crippen LogP contribution is 2.33. The average molecular weight is 235 g/mol. The third kappa shape index (κ3) is 2.66. The van der Waals surface area contributed by atoms with Gasteiger partial charge in [0.25, 0.3) is 6.01 Å². The van der Waals surface area contributed by atoms with Gasteiger partial charge in [0.05, 0.1) is 5.69 Å². The molecule has 1 aromatic rings. The Balaban J connectivity index is 2.12. The standard InChI is InChI=1S/C9H12F3N3O/c10-9(11,12)5-15(7-1-2-7)8-14-6(3-13)4-16-8/h4,7H,1-3,5,13H2. The topological polar surface area (TPSA) is 55.3 Å². The molecular formula is C9H12F3N3O. The van der Waals surface area contributed by atoms with Crippen molar-refractivity contribution in [3.05, 3.63) is 12.0 Å². The lowest BCUT2D eigenvalue weighted by molar-refractivity contribution is -0.120. The molecule has 0 saturated heterocycles. The predicted octanol–water partition coefficient (Wildman–Crippen LogP) is 1.66. The van der Waals surface area contributed by atoms with E-state index in [1.807, 2.05) is 0 Å². The third-order valence-electron chi connectivity index (χ3n) is 2.33. The number of halogens is 3. The van der Waals surface area contributed by atoms with Crippen molar-refractivity contribution >= 4 is 6.01 Å². The van der Waals surface area contributed by atoms with Crippen molar-refractivity contribution < 1.29 is 17.6 Å². The maximum Gasteiger partial charge on any atom is 0.406 e. The van der Waals surface area contributed by atoms with Crippen LogP contribution in [0.25, 0.3) is 0 Å². The van der Waals surface area contributed by atoms with Crippen LogP contribution < -0.4 is 10.6 Å². The summed E-state index contributed by atoms with van der Waals surface area (Å²) in [6, 6.07) is -0.0915. The zero-order valence-electron chi connectivity index (χ0n) is 8.50. The molecule has 0 aliphatic heterocycles. The van der Waals surface area contributed by atoms with Crippen LogP contribution >= 0.6 is 0 Å². The number of hydrogen-bond donors (Lipinski definition) is 1. The summed E-state index contributed by atoms with van der Waals surface area (Å²) in [7, 11) is 0. The molecular weight excluding hydrogens is 223 g/mol. The molecule has 0 atom stereocenters. The van der Waals surface area contributed by atoms with E-state index >= 15 is 0 Å². The van der Waals surface area contributed by atoms with Gasteiger partial charge in [0, 0.05) is 12.6 Å². The Labute approximate surface area is 90.2 Å². The summed E-state index contributed by atoms with van der Waals surface area (Å²) in [5.41, 5.74) is 5.78. The lowest BCUT2D eigenvalue weighted by atomic mass is 10.5. The molecule has 0 unspecified atom stereocenters. The molecule has 0 aromatic carbocycles. The van der Waals surface area contributed by atoms with Crippen molar-refractivity contribution in [2.45, 2.75) is 31.6 Å². The van der Waals surface area contributed by atoms with Crippen LogP contribution in [0.4, 0.5) is 19.2 Å². The Kier molecular flexibility index (Phi) is 2.79. The van der Waals surface area contributed by atoms with Crippen molar-refractivity contribution in [3.63, 3.8) is 0 Å². The number of hydrogen-bond acceptors (Lipinski definition) is 4. The highest BCUT2D eigenvalue weighted by molar-refractivity contribution is 5.32. The van der Waals surface area contributed by atoms with Gasteiger partial charge in [0.1, 0.15) is 12.8 Å². The van der Waals surface area contributed by atoms with E-state index in [0.29, 0.717) is 5.69 Å². The minimum atomic E-state index is -4.25. The molecule has 4 nitrogen and oxygen atoms in total. The number of nitrogens with zero attached hydrogens (tertiary/aromatic N) is 2. The van der Waals surface area contributed by atoms with E-state index in [1.165, 1.54) is 6.26 Å². The zero-order valence-corrected chi connectivity index (χ0v) is 8.50. The highest BCUT2D eigenvalue weighted by Gasteiger charge is 2.40. The minimum Gasteiger partial charge on any atom is -0.432 e. The molecule has 1 fully saturated rings. The fourth-order valence-corrected chi connectivity index (χ4v) is 1.45. The van der Waals surface area contributed by atoms with Gasteiger partial charge in [-0.25, -0.2) is 0 Å². The molecule has 1 aliphatic rings. The van der Waals surface area contributed by atoms with Crippen LogP contribution in [0.15, 0.2) is 10.7 Å². The number of rotatable bonds is 4. The second-order valence-corrected chi connectivity index (χ2v) is 3.80. The first kappa shape index (κ1) is 11.3. The molecule has 7 heteroatoms. The van der Waals surface area contributed by atoms with E-state index < -0.39 is 12.7 Å². The van der Waals surface area contributed by atoms with E-state index in [-0.39, 0.29) is 18.6 Å². The molecule has 0 bridgehead atoms. The zero-order chi connectivity index (χ0) is 11.8. The van der Waals surface area contributed by atoms with Gasteiger partial charge in [0.2, 0.25) is 0 Å². The summed E-state index contributed by atoms with van der Waals surface area (Å²) in [6.45, 7) is -0.865. The van der Waals surface area contributed by atoms with E-state index in [0.717, 1.165) is 17.7 Å². The highest BCUT2D eigenvalue weighted by atomic mass is 19.4. The molecule has 90 valence electrons. The summed E-state index contributed by atoms with van der Waals surface area (Å²) < 4.78 is 42.0. The average Bonchev–Trinajstić information content (AvgIpc) is 2.91. The molecule has 1 aliphatic carbocycles. The number of anilines is 1. The summed E-state index contributed by atoms with van der Waals surface area (Å²) >= 11 is 0.